The van der Waals surface area contributed by atoms with Crippen LogP contribution in [0.25, 0.3) is 0 Å². The maximum atomic E-state index is 14.9. The molecule has 1 aromatic heterocycles. The van der Waals surface area contributed by atoms with E-state index in [1.54, 1.807) is 60.5 Å². The molecular formula is C33H38ClN5O5S. The topological polar surface area (TPSA) is 103 Å². The van der Waals surface area contributed by atoms with Gasteiger partial charge in [0, 0.05) is 68.5 Å². The molecule has 3 aromatic rings. The predicted molar refractivity (Wildman–Crippen MR) is 172 cm³/mol. The van der Waals surface area contributed by atoms with Crippen LogP contribution in [0.3, 0.4) is 0 Å². The molecule has 0 radical (unpaired) electrons. The molecule has 2 saturated heterocycles. The molecule has 238 valence electrons. The largest absolute Gasteiger partial charge is 0.478 e. The first-order valence-electron chi connectivity index (χ1n) is 15.4. The van der Waals surface area contributed by atoms with Gasteiger partial charge in [0.1, 0.15) is 5.41 Å². The Hall–Kier alpha value is -3.51. The van der Waals surface area contributed by atoms with Crippen molar-refractivity contribution in [1.29, 1.82) is 0 Å². The number of aromatic nitrogens is 1. The van der Waals surface area contributed by atoms with Crippen LogP contribution in [0.5, 0.6) is 5.88 Å². The summed E-state index contributed by atoms with van der Waals surface area (Å²) in [5.41, 5.74) is -0.936. The molecule has 2 amide bonds. The normalized spacial score (nSPS) is 21.6. The lowest BCUT2D eigenvalue weighted by Crippen LogP contribution is -2.53. The minimum Gasteiger partial charge on any atom is -0.478 e. The number of amides is 2. The zero-order valence-corrected chi connectivity index (χ0v) is 27.1. The second kappa shape index (κ2) is 12.7. The fourth-order valence-corrected chi connectivity index (χ4v) is 8.54. The van der Waals surface area contributed by atoms with E-state index in [0.29, 0.717) is 35.3 Å². The summed E-state index contributed by atoms with van der Waals surface area (Å²) >= 11 is 6.52. The van der Waals surface area contributed by atoms with Gasteiger partial charge < -0.3 is 14.5 Å². The smallest absolute Gasteiger partial charge is 0.270 e. The fraction of sp³-hybridized carbons (Fsp3) is 0.424. The van der Waals surface area contributed by atoms with Crippen molar-refractivity contribution in [2.24, 2.45) is 0 Å². The number of hydrogen-bond donors (Lipinski definition) is 0. The van der Waals surface area contributed by atoms with Crippen molar-refractivity contribution < 1.29 is 22.7 Å². The summed E-state index contributed by atoms with van der Waals surface area (Å²) in [6.07, 6.45) is 2.92. The van der Waals surface area contributed by atoms with Crippen LogP contribution in [0.15, 0.2) is 71.8 Å². The molecule has 1 unspecified atom stereocenters. The van der Waals surface area contributed by atoms with E-state index in [0.717, 1.165) is 43.3 Å². The van der Waals surface area contributed by atoms with Gasteiger partial charge in [-0.15, -0.1) is 0 Å². The Morgan fingerprint density at radius 2 is 1.69 bits per heavy atom. The van der Waals surface area contributed by atoms with Gasteiger partial charge in [0.15, 0.2) is 0 Å². The molecule has 1 atom stereocenters. The molecule has 2 aromatic carbocycles. The number of fused-ring (bicyclic) bond motifs is 1. The monoisotopic (exact) mass is 651 g/mol. The fourth-order valence-electron chi connectivity index (χ4n) is 6.86. The number of anilines is 1. The first-order valence-corrected chi connectivity index (χ1v) is 17.2. The molecular weight excluding hydrogens is 614 g/mol. The maximum Gasteiger partial charge on any atom is 0.270 e. The molecule has 0 bridgehead atoms. The number of benzene rings is 2. The van der Waals surface area contributed by atoms with Crippen molar-refractivity contribution in [1.82, 2.24) is 19.7 Å². The molecule has 2 fully saturated rings. The molecule has 3 aliphatic heterocycles. The summed E-state index contributed by atoms with van der Waals surface area (Å²) < 4.78 is 35.0. The summed E-state index contributed by atoms with van der Waals surface area (Å²) in [5, 5.41) is 0.312. The number of sulfonamides is 1. The molecule has 12 heteroatoms. The number of nitrogens with zero attached hydrogens (tertiary/aromatic N) is 5. The molecule has 0 spiro atoms. The second-order valence-corrected chi connectivity index (χ2v) is 14.1. The van der Waals surface area contributed by atoms with Gasteiger partial charge in [0.05, 0.1) is 17.2 Å². The summed E-state index contributed by atoms with van der Waals surface area (Å²) in [7, 11) is -2.22. The first kappa shape index (κ1) is 31.5. The van der Waals surface area contributed by atoms with Crippen molar-refractivity contribution in [2.75, 3.05) is 57.2 Å². The minimum absolute atomic E-state index is 0.0384. The highest BCUT2D eigenvalue weighted by atomic mass is 35.5. The number of pyridine rings is 1. The average Bonchev–Trinajstić information content (AvgIpc) is 3.30. The summed E-state index contributed by atoms with van der Waals surface area (Å²) in [6, 6.07) is 16.2. The molecule has 10 nitrogen and oxygen atoms in total. The molecule has 4 heterocycles. The summed E-state index contributed by atoms with van der Waals surface area (Å²) in [5.74, 6) is -0.839. The van der Waals surface area contributed by atoms with E-state index >= 15 is 0 Å². The summed E-state index contributed by atoms with van der Waals surface area (Å²) in [6.45, 7) is 7.25. The van der Waals surface area contributed by atoms with Crippen molar-refractivity contribution in [3.63, 3.8) is 0 Å². The van der Waals surface area contributed by atoms with Crippen LogP contribution in [0.1, 0.15) is 37.3 Å². The Morgan fingerprint density at radius 1 is 0.978 bits per heavy atom. The van der Waals surface area contributed by atoms with Crippen LogP contribution in [0.4, 0.5) is 5.69 Å². The van der Waals surface area contributed by atoms with E-state index in [9.17, 15) is 18.0 Å². The minimum atomic E-state index is -4.36. The zero-order chi connectivity index (χ0) is 31.8. The third kappa shape index (κ3) is 5.71. The van der Waals surface area contributed by atoms with E-state index in [2.05, 4.69) is 21.8 Å². The van der Waals surface area contributed by atoms with Crippen molar-refractivity contribution in [3.05, 3.63) is 83.0 Å². The van der Waals surface area contributed by atoms with Gasteiger partial charge in [0.2, 0.25) is 11.8 Å². The van der Waals surface area contributed by atoms with E-state index in [1.807, 2.05) is 0 Å². The van der Waals surface area contributed by atoms with E-state index in [1.165, 1.54) is 18.2 Å². The Bertz CT molecular complexity index is 1670. The molecule has 0 N–H and O–H groups in total. The van der Waals surface area contributed by atoms with Crippen LogP contribution in [-0.4, -0.2) is 98.9 Å². The number of likely N-dealkylation sites (tertiary alicyclic amines) is 1. The van der Waals surface area contributed by atoms with Crippen LogP contribution >= 0.6 is 11.6 Å². The highest BCUT2D eigenvalue weighted by Crippen LogP contribution is 2.53. The maximum absolute atomic E-state index is 14.9. The van der Waals surface area contributed by atoms with Crippen LogP contribution in [-0.2, 0) is 25.0 Å². The molecule has 6 rings (SSSR count). The number of halogens is 1. The third-order valence-electron chi connectivity index (χ3n) is 9.27. The predicted octanol–water partition coefficient (Wildman–Crippen LogP) is 3.78. The lowest BCUT2D eigenvalue weighted by Gasteiger charge is -2.42. The van der Waals surface area contributed by atoms with Gasteiger partial charge >= 0.3 is 0 Å². The standard InChI is InChI=1S/C33H38ClN5O5S/c1-3-44-31-27(10-7-15-35-31)33(23-30(40)38-16-13-25(14-17-38)37-20-18-36(2)19-21-37)28-22-24(34)11-12-29(28)39(32(33)41)45(42,43)26-8-5-4-6-9-26/h4-12,15,22,25H,3,13-14,16-21,23H2,1-2H3. The van der Waals surface area contributed by atoms with Crippen LogP contribution < -0.4 is 9.04 Å². The van der Waals surface area contributed by atoms with Crippen molar-refractivity contribution in [3.8, 4) is 5.88 Å². The Labute approximate surface area is 269 Å². The van der Waals surface area contributed by atoms with E-state index < -0.39 is 21.3 Å². The molecule has 0 saturated carbocycles. The van der Waals surface area contributed by atoms with Gasteiger partial charge in [-0.25, -0.2) is 17.7 Å². The Morgan fingerprint density at radius 3 is 2.38 bits per heavy atom. The number of carbonyl (C=O) groups excluding carboxylic acids is 2. The van der Waals surface area contributed by atoms with Crippen LogP contribution in [0.2, 0.25) is 5.02 Å². The van der Waals surface area contributed by atoms with Gasteiger partial charge in [-0.2, -0.15) is 0 Å². The van der Waals surface area contributed by atoms with Gasteiger partial charge in [-0.05, 0) is 68.8 Å². The van der Waals surface area contributed by atoms with Gasteiger partial charge in [-0.1, -0.05) is 35.9 Å². The first-order chi connectivity index (χ1) is 21.7. The number of hydrogen-bond acceptors (Lipinski definition) is 8. The van der Waals surface area contributed by atoms with Crippen molar-refractivity contribution >= 4 is 39.1 Å². The molecule has 45 heavy (non-hydrogen) atoms. The van der Waals surface area contributed by atoms with E-state index in [-0.39, 0.29) is 35.4 Å². The quantitative estimate of drug-likeness (QED) is 0.363. The number of likely N-dealkylation sites (N-methyl/N-ethyl adjacent to an activating group) is 1. The zero-order valence-electron chi connectivity index (χ0n) is 25.6. The highest BCUT2D eigenvalue weighted by Gasteiger charge is 2.58. The highest BCUT2D eigenvalue weighted by molar-refractivity contribution is 7.93. The van der Waals surface area contributed by atoms with E-state index in [4.69, 9.17) is 16.3 Å². The number of rotatable bonds is 8. The number of carbonyl (C=O) groups is 2. The SMILES string of the molecule is CCOc1ncccc1C1(CC(=O)N2CCC(N3CCN(C)CC3)CC2)C(=O)N(S(=O)(=O)c2ccccc2)c2ccc(Cl)cc21. The van der Waals surface area contributed by atoms with Crippen LogP contribution in [0, 0.1) is 0 Å². The Balaban J connectivity index is 1.41. The molecule has 3 aliphatic rings. The molecule has 0 aliphatic carbocycles. The Kier molecular flexibility index (Phi) is 8.89. The lowest BCUT2D eigenvalue weighted by molar-refractivity contribution is -0.136. The second-order valence-electron chi connectivity index (χ2n) is 11.9. The number of piperazine rings is 1. The lowest BCUT2D eigenvalue weighted by atomic mass is 9.72. The van der Waals surface area contributed by atoms with Gasteiger partial charge in [0.25, 0.3) is 15.9 Å². The number of piperidine rings is 1. The van der Waals surface area contributed by atoms with Crippen molar-refractivity contribution in [2.45, 2.75) is 42.5 Å². The number of ether oxygens (including phenoxy) is 1. The third-order valence-corrected chi connectivity index (χ3v) is 11.2. The van der Waals surface area contributed by atoms with Gasteiger partial charge in [-0.3, -0.25) is 14.5 Å². The summed E-state index contributed by atoms with van der Waals surface area (Å²) in [4.78, 5) is 40.2. The average molecular weight is 652 g/mol.